The summed E-state index contributed by atoms with van der Waals surface area (Å²) in [5, 5.41) is 13.9. The molecule has 0 bridgehead atoms. The van der Waals surface area contributed by atoms with Crippen molar-refractivity contribution in [3.8, 4) is 5.75 Å². The molecule has 0 unspecified atom stereocenters. The number of anilines is 1. The predicted octanol–water partition coefficient (Wildman–Crippen LogP) is 2.11. The molecule has 0 fully saturated rings. The molecule has 0 radical (unpaired) electrons. The van der Waals surface area contributed by atoms with E-state index in [2.05, 4.69) is 9.82 Å². The molecule has 0 aliphatic rings. The van der Waals surface area contributed by atoms with Crippen LogP contribution in [0.25, 0.3) is 0 Å². The molecule has 0 saturated heterocycles. The Morgan fingerprint density at radius 3 is 2.52 bits per heavy atom. The van der Waals surface area contributed by atoms with Crippen LogP contribution in [0.3, 0.4) is 0 Å². The van der Waals surface area contributed by atoms with Gasteiger partial charge in [0.25, 0.3) is 10.0 Å². The van der Waals surface area contributed by atoms with E-state index in [-0.39, 0.29) is 16.3 Å². The van der Waals surface area contributed by atoms with E-state index in [4.69, 9.17) is 0 Å². The van der Waals surface area contributed by atoms with Gasteiger partial charge in [0.05, 0.1) is 17.1 Å². The fourth-order valence-electron chi connectivity index (χ4n) is 2.22. The lowest BCUT2D eigenvalue weighted by molar-refractivity contribution is 0.477. The third-order valence-corrected chi connectivity index (χ3v) is 5.04. The second kappa shape index (κ2) is 5.40. The van der Waals surface area contributed by atoms with Crippen LogP contribution in [0.1, 0.15) is 23.9 Å². The molecule has 1 heterocycles. The van der Waals surface area contributed by atoms with E-state index in [1.54, 1.807) is 33.0 Å². The number of benzene rings is 1. The van der Waals surface area contributed by atoms with Gasteiger partial charge in [-0.2, -0.15) is 5.10 Å². The fraction of sp³-hybridized carbons (Fsp3) is 0.357. The molecule has 21 heavy (non-hydrogen) atoms. The summed E-state index contributed by atoms with van der Waals surface area (Å²) in [5.74, 6) is -0.102. The van der Waals surface area contributed by atoms with Crippen molar-refractivity contribution < 1.29 is 13.5 Å². The Morgan fingerprint density at radius 2 is 2.00 bits per heavy atom. The standard InChI is InChI=1S/C14H19N3O3S/c1-5-11-6-7-13(18)12(8-11)16-21(19,20)14-9(2)15-17(4)10(14)3/h6-8,16,18H,5H2,1-4H3. The average molecular weight is 309 g/mol. The van der Waals surface area contributed by atoms with Crippen LogP contribution in [0.4, 0.5) is 5.69 Å². The normalized spacial score (nSPS) is 11.6. The van der Waals surface area contributed by atoms with E-state index in [0.29, 0.717) is 11.4 Å². The summed E-state index contributed by atoms with van der Waals surface area (Å²) in [7, 11) is -2.10. The molecule has 0 spiro atoms. The van der Waals surface area contributed by atoms with Crippen LogP contribution < -0.4 is 4.72 Å². The highest BCUT2D eigenvalue weighted by atomic mass is 32.2. The van der Waals surface area contributed by atoms with Crippen molar-refractivity contribution in [3.63, 3.8) is 0 Å². The maximum absolute atomic E-state index is 12.5. The molecule has 1 aromatic carbocycles. The van der Waals surface area contributed by atoms with Crippen LogP contribution in [0, 0.1) is 13.8 Å². The first kappa shape index (κ1) is 15.4. The highest BCUT2D eigenvalue weighted by Gasteiger charge is 2.24. The maximum atomic E-state index is 12.5. The SMILES string of the molecule is CCc1ccc(O)c(NS(=O)(=O)c2c(C)nn(C)c2C)c1. The lowest BCUT2D eigenvalue weighted by atomic mass is 10.1. The van der Waals surface area contributed by atoms with Gasteiger partial charge in [0.1, 0.15) is 10.6 Å². The predicted molar refractivity (Wildman–Crippen MR) is 81.0 cm³/mol. The molecule has 2 rings (SSSR count). The molecule has 0 saturated carbocycles. The lowest BCUT2D eigenvalue weighted by Gasteiger charge is -2.11. The Bertz CT molecular complexity index is 779. The first-order valence-corrected chi connectivity index (χ1v) is 8.09. The summed E-state index contributed by atoms with van der Waals surface area (Å²) in [4.78, 5) is 0.145. The minimum Gasteiger partial charge on any atom is -0.506 e. The zero-order valence-corrected chi connectivity index (χ0v) is 13.3. The summed E-state index contributed by atoms with van der Waals surface area (Å²) in [6.07, 6.45) is 0.750. The molecule has 0 aliphatic heterocycles. The maximum Gasteiger partial charge on any atom is 0.265 e. The number of nitrogens with one attached hydrogen (secondary N) is 1. The number of hydrogen-bond donors (Lipinski definition) is 2. The summed E-state index contributed by atoms with van der Waals surface area (Å²) < 4.78 is 29.0. The third kappa shape index (κ3) is 2.87. The van der Waals surface area contributed by atoms with E-state index < -0.39 is 10.0 Å². The van der Waals surface area contributed by atoms with Crippen molar-refractivity contribution in [2.45, 2.75) is 32.1 Å². The monoisotopic (exact) mass is 309 g/mol. The topological polar surface area (TPSA) is 84.2 Å². The first-order chi connectivity index (χ1) is 9.76. The second-order valence-corrected chi connectivity index (χ2v) is 6.55. The molecule has 7 heteroatoms. The van der Waals surface area contributed by atoms with Gasteiger partial charge in [-0.15, -0.1) is 0 Å². The van der Waals surface area contributed by atoms with Crippen molar-refractivity contribution in [2.75, 3.05) is 4.72 Å². The molecule has 0 aliphatic carbocycles. The number of phenols is 1. The van der Waals surface area contributed by atoms with Crippen molar-refractivity contribution in [2.24, 2.45) is 7.05 Å². The average Bonchev–Trinajstić information content (AvgIpc) is 2.66. The Morgan fingerprint density at radius 1 is 1.33 bits per heavy atom. The molecule has 6 nitrogen and oxygen atoms in total. The summed E-state index contributed by atoms with van der Waals surface area (Å²) in [6.45, 7) is 5.29. The number of aryl methyl sites for hydroxylation is 3. The minimum absolute atomic E-state index is 0.102. The Balaban J connectivity index is 2.47. The van der Waals surface area contributed by atoms with E-state index in [1.807, 2.05) is 6.92 Å². The zero-order chi connectivity index (χ0) is 15.8. The van der Waals surface area contributed by atoms with Crippen LogP contribution in [-0.2, 0) is 23.5 Å². The van der Waals surface area contributed by atoms with Crippen molar-refractivity contribution >= 4 is 15.7 Å². The second-order valence-electron chi connectivity index (χ2n) is 4.93. The van der Waals surface area contributed by atoms with Gasteiger partial charge in [0.2, 0.25) is 0 Å². The van der Waals surface area contributed by atoms with Crippen molar-refractivity contribution in [1.82, 2.24) is 9.78 Å². The number of phenolic OH excluding ortho intramolecular Hbond substituents is 1. The number of aromatic nitrogens is 2. The quantitative estimate of drug-likeness (QED) is 0.847. The Labute approximate surface area is 124 Å². The zero-order valence-electron chi connectivity index (χ0n) is 12.5. The molecule has 2 N–H and O–H groups in total. The number of aromatic hydroxyl groups is 1. The van der Waals surface area contributed by atoms with Gasteiger partial charge in [0.15, 0.2) is 0 Å². The molecule has 0 amide bonds. The van der Waals surface area contributed by atoms with Crippen molar-refractivity contribution in [1.29, 1.82) is 0 Å². The van der Waals surface area contributed by atoms with Crippen molar-refractivity contribution in [3.05, 3.63) is 35.2 Å². The van der Waals surface area contributed by atoms with E-state index in [0.717, 1.165) is 12.0 Å². The van der Waals surface area contributed by atoms with Gasteiger partial charge in [-0.3, -0.25) is 9.40 Å². The van der Waals surface area contributed by atoms with Gasteiger partial charge < -0.3 is 5.11 Å². The Kier molecular flexibility index (Phi) is 3.95. The van der Waals surface area contributed by atoms with Gasteiger partial charge in [0, 0.05) is 7.05 Å². The van der Waals surface area contributed by atoms with Gasteiger partial charge in [-0.05, 0) is 38.0 Å². The summed E-state index contributed by atoms with van der Waals surface area (Å²) in [5.41, 5.74) is 2.09. The smallest absolute Gasteiger partial charge is 0.265 e. The highest BCUT2D eigenvalue weighted by Crippen LogP contribution is 2.28. The van der Waals surface area contributed by atoms with Crippen LogP contribution in [0.15, 0.2) is 23.1 Å². The van der Waals surface area contributed by atoms with Crippen LogP contribution in [0.5, 0.6) is 5.75 Å². The summed E-state index contributed by atoms with van der Waals surface area (Å²) >= 11 is 0. The van der Waals surface area contributed by atoms with Gasteiger partial charge in [-0.25, -0.2) is 8.42 Å². The molecule has 2 aromatic rings. The molecule has 114 valence electrons. The number of rotatable bonds is 4. The molecule has 0 atom stereocenters. The molecular weight excluding hydrogens is 290 g/mol. The third-order valence-electron chi connectivity index (χ3n) is 3.42. The fourth-order valence-corrected chi connectivity index (χ4v) is 3.73. The van der Waals surface area contributed by atoms with Crippen LogP contribution in [-0.4, -0.2) is 23.3 Å². The minimum atomic E-state index is -3.79. The van der Waals surface area contributed by atoms with Gasteiger partial charge in [-0.1, -0.05) is 13.0 Å². The van der Waals surface area contributed by atoms with E-state index in [9.17, 15) is 13.5 Å². The molecular formula is C14H19N3O3S. The first-order valence-electron chi connectivity index (χ1n) is 6.61. The van der Waals surface area contributed by atoms with Crippen LogP contribution in [0.2, 0.25) is 0 Å². The number of nitrogens with zero attached hydrogens (tertiary/aromatic N) is 2. The highest BCUT2D eigenvalue weighted by molar-refractivity contribution is 7.92. The van der Waals surface area contributed by atoms with Crippen LogP contribution >= 0.6 is 0 Å². The summed E-state index contributed by atoms with van der Waals surface area (Å²) in [6, 6.07) is 4.88. The number of hydrogen-bond acceptors (Lipinski definition) is 4. The Hall–Kier alpha value is -2.02. The number of sulfonamides is 1. The van der Waals surface area contributed by atoms with Gasteiger partial charge >= 0.3 is 0 Å². The van der Waals surface area contributed by atoms with E-state index in [1.165, 1.54) is 10.7 Å². The molecule has 1 aromatic heterocycles. The lowest BCUT2D eigenvalue weighted by Crippen LogP contribution is -2.15. The van der Waals surface area contributed by atoms with E-state index >= 15 is 0 Å². The largest absolute Gasteiger partial charge is 0.506 e.